The maximum Gasteiger partial charge on any atom is 0.317 e. The fraction of sp³-hybridized carbons (Fsp3) is 0.857. The number of hydrogen-bond acceptors (Lipinski definition) is 2. The van der Waals surface area contributed by atoms with E-state index < -0.39 is 11.4 Å². The van der Waals surface area contributed by atoms with Gasteiger partial charge in [-0.15, -0.1) is 0 Å². The second kappa shape index (κ2) is 5.80. The smallest absolute Gasteiger partial charge is 0.317 e. The molecule has 5 nitrogen and oxygen atoms in total. The van der Waals surface area contributed by atoms with E-state index in [4.69, 9.17) is 0 Å². The lowest BCUT2D eigenvalue weighted by molar-refractivity contribution is -0.147. The van der Waals surface area contributed by atoms with E-state index in [9.17, 15) is 14.7 Å². The molecule has 1 aliphatic heterocycles. The van der Waals surface area contributed by atoms with Crippen molar-refractivity contribution in [2.45, 2.75) is 58.9 Å². The predicted octanol–water partition coefficient (Wildman–Crippen LogP) is 2.46. The molecule has 0 radical (unpaired) electrons. The zero-order chi connectivity index (χ0) is 14.7. The van der Waals surface area contributed by atoms with Gasteiger partial charge in [-0.3, -0.25) is 4.79 Å². The summed E-state index contributed by atoms with van der Waals surface area (Å²) in [5, 5.41) is 12.3. The number of carboxylic acids is 1. The Bertz CT molecular complexity index is 344. The number of carbonyl (C=O) groups excluding carboxylic acids is 1. The fourth-order valence-electron chi connectivity index (χ4n) is 2.63. The van der Waals surface area contributed by atoms with E-state index in [0.717, 1.165) is 19.3 Å². The molecule has 1 fully saturated rings. The molecular formula is C14H26N2O3. The lowest BCUT2D eigenvalue weighted by atomic mass is 9.90. The normalized spacial score (nSPS) is 23.5. The first-order chi connectivity index (χ1) is 8.82. The van der Waals surface area contributed by atoms with Gasteiger partial charge in [-0.05, 0) is 32.6 Å². The standard InChI is InChI=1S/C14H26N2O3/c1-5-14(6-2,7-3)15-12(19)16-9-8-13(4,10-16)11(17)18/h5-10H2,1-4H3,(H,15,19)(H,17,18). The fourth-order valence-corrected chi connectivity index (χ4v) is 2.63. The topological polar surface area (TPSA) is 69.6 Å². The Morgan fingerprint density at radius 1 is 1.26 bits per heavy atom. The van der Waals surface area contributed by atoms with Crippen molar-refractivity contribution in [1.29, 1.82) is 0 Å². The predicted molar refractivity (Wildman–Crippen MR) is 74.1 cm³/mol. The van der Waals surface area contributed by atoms with Crippen LogP contribution in [0.2, 0.25) is 0 Å². The van der Waals surface area contributed by atoms with Gasteiger partial charge in [-0.25, -0.2) is 4.79 Å². The van der Waals surface area contributed by atoms with Crippen LogP contribution in [0, 0.1) is 5.41 Å². The SMILES string of the molecule is CCC(CC)(CC)NC(=O)N1CCC(C)(C(=O)O)C1. The zero-order valence-electron chi connectivity index (χ0n) is 12.5. The first-order valence-corrected chi connectivity index (χ1v) is 7.13. The van der Waals surface area contributed by atoms with E-state index in [1.54, 1.807) is 11.8 Å². The van der Waals surface area contributed by atoms with Gasteiger partial charge in [-0.2, -0.15) is 0 Å². The highest BCUT2D eigenvalue weighted by Gasteiger charge is 2.43. The number of amides is 2. The second-order valence-corrected chi connectivity index (χ2v) is 5.81. The number of aliphatic carboxylic acids is 1. The summed E-state index contributed by atoms with van der Waals surface area (Å²) in [7, 11) is 0. The Labute approximate surface area is 115 Å². The molecule has 110 valence electrons. The third-order valence-corrected chi connectivity index (χ3v) is 4.68. The summed E-state index contributed by atoms with van der Waals surface area (Å²) in [5.74, 6) is -0.824. The lowest BCUT2D eigenvalue weighted by Gasteiger charge is -2.34. The van der Waals surface area contributed by atoms with Crippen LogP contribution in [-0.4, -0.2) is 40.6 Å². The van der Waals surface area contributed by atoms with Crippen LogP contribution in [0.3, 0.4) is 0 Å². The van der Waals surface area contributed by atoms with Gasteiger partial charge in [0.1, 0.15) is 0 Å². The third-order valence-electron chi connectivity index (χ3n) is 4.68. The molecule has 2 amide bonds. The van der Waals surface area contributed by atoms with Crippen molar-refractivity contribution in [3.05, 3.63) is 0 Å². The zero-order valence-corrected chi connectivity index (χ0v) is 12.5. The summed E-state index contributed by atoms with van der Waals surface area (Å²) in [4.78, 5) is 25.1. The molecule has 0 aromatic heterocycles. The van der Waals surface area contributed by atoms with Crippen molar-refractivity contribution < 1.29 is 14.7 Å². The van der Waals surface area contributed by atoms with E-state index in [2.05, 4.69) is 26.1 Å². The molecule has 0 aliphatic carbocycles. The van der Waals surface area contributed by atoms with E-state index in [-0.39, 0.29) is 11.6 Å². The first kappa shape index (κ1) is 15.8. The molecule has 1 unspecified atom stereocenters. The molecule has 0 aromatic rings. The minimum absolute atomic E-state index is 0.129. The van der Waals surface area contributed by atoms with E-state index in [0.29, 0.717) is 19.5 Å². The summed E-state index contributed by atoms with van der Waals surface area (Å²) in [6.07, 6.45) is 3.18. The Morgan fingerprint density at radius 2 is 1.79 bits per heavy atom. The third kappa shape index (κ3) is 3.19. The van der Waals surface area contributed by atoms with Crippen molar-refractivity contribution in [3.63, 3.8) is 0 Å². The maximum absolute atomic E-state index is 12.3. The van der Waals surface area contributed by atoms with Gasteiger partial charge < -0.3 is 15.3 Å². The number of rotatable bonds is 5. The Hall–Kier alpha value is -1.26. The molecule has 5 heteroatoms. The minimum atomic E-state index is -0.824. The highest BCUT2D eigenvalue weighted by atomic mass is 16.4. The number of urea groups is 1. The molecular weight excluding hydrogens is 244 g/mol. The molecule has 0 saturated carbocycles. The number of carbonyl (C=O) groups is 2. The first-order valence-electron chi connectivity index (χ1n) is 7.13. The van der Waals surface area contributed by atoms with Gasteiger partial charge in [0.05, 0.1) is 5.41 Å². The number of carboxylic acid groups (broad SMARTS) is 1. The van der Waals surface area contributed by atoms with Crippen LogP contribution in [0.15, 0.2) is 0 Å². The van der Waals surface area contributed by atoms with Crippen molar-refractivity contribution >= 4 is 12.0 Å². The molecule has 1 heterocycles. The van der Waals surface area contributed by atoms with E-state index >= 15 is 0 Å². The molecule has 1 aliphatic rings. The average molecular weight is 270 g/mol. The summed E-state index contributed by atoms with van der Waals surface area (Å²) in [5.41, 5.74) is -0.968. The molecule has 0 aromatic carbocycles. The largest absolute Gasteiger partial charge is 0.481 e. The quantitative estimate of drug-likeness (QED) is 0.806. The Morgan fingerprint density at radius 3 is 2.16 bits per heavy atom. The van der Waals surface area contributed by atoms with Crippen LogP contribution in [0.5, 0.6) is 0 Å². The van der Waals surface area contributed by atoms with Gasteiger partial charge in [-0.1, -0.05) is 20.8 Å². The molecule has 1 rings (SSSR count). The molecule has 1 saturated heterocycles. The summed E-state index contributed by atoms with van der Waals surface area (Å²) in [6.45, 7) is 8.72. The molecule has 0 bridgehead atoms. The molecule has 2 N–H and O–H groups in total. The van der Waals surface area contributed by atoms with Gasteiger partial charge >= 0.3 is 12.0 Å². The lowest BCUT2D eigenvalue weighted by Crippen LogP contribution is -2.52. The van der Waals surface area contributed by atoms with Crippen LogP contribution >= 0.6 is 0 Å². The summed E-state index contributed by atoms with van der Waals surface area (Å²) in [6, 6.07) is -0.129. The van der Waals surface area contributed by atoms with Crippen LogP contribution in [0.4, 0.5) is 4.79 Å². The van der Waals surface area contributed by atoms with Crippen LogP contribution in [-0.2, 0) is 4.79 Å². The van der Waals surface area contributed by atoms with Crippen LogP contribution < -0.4 is 5.32 Å². The molecule has 1 atom stereocenters. The highest BCUT2D eigenvalue weighted by Crippen LogP contribution is 2.30. The number of nitrogens with one attached hydrogen (secondary N) is 1. The monoisotopic (exact) mass is 270 g/mol. The van der Waals surface area contributed by atoms with Crippen molar-refractivity contribution in [2.24, 2.45) is 5.41 Å². The number of likely N-dealkylation sites (tertiary alicyclic amines) is 1. The average Bonchev–Trinajstić information content (AvgIpc) is 2.80. The molecule has 0 spiro atoms. The van der Waals surface area contributed by atoms with Gasteiger partial charge in [0.25, 0.3) is 0 Å². The second-order valence-electron chi connectivity index (χ2n) is 5.81. The van der Waals surface area contributed by atoms with Crippen molar-refractivity contribution in [1.82, 2.24) is 10.2 Å². The number of hydrogen-bond donors (Lipinski definition) is 2. The summed E-state index contributed by atoms with van der Waals surface area (Å²) < 4.78 is 0. The molecule has 19 heavy (non-hydrogen) atoms. The Kier molecular flexibility index (Phi) is 4.82. The van der Waals surface area contributed by atoms with Gasteiger partial charge in [0.15, 0.2) is 0 Å². The van der Waals surface area contributed by atoms with Crippen molar-refractivity contribution in [3.8, 4) is 0 Å². The highest BCUT2D eigenvalue weighted by molar-refractivity contribution is 5.79. The Balaban J connectivity index is 2.68. The van der Waals surface area contributed by atoms with Crippen LogP contribution in [0.1, 0.15) is 53.4 Å². The van der Waals surface area contributed by atoms with Crippen molar-refractivity contribution in [2.75, 3.05) is 13.1 Å². The number of nitrogens with zero attached hydrogens (tertiary/aromatic N) is 1. The van der Waals surface area contributed by atoms with Crippen LogP contribution in [0.25, 0.3) is 0 Å². The summed E-state index contributed by atoms with van der Waals surface area (Å²) >= 11 is 0. The van der Waals surface area contributed by atoms with E-state index in [1.165, 1.54) is 0 Å². The van der Waals surface area contributed by atoms with Gasteiger partial charge in [0.2, 0.25) is 0 Å². The van der Waals surface area contributed by atoms with E-state index in [1.807, 2.05) is 0 Å². The van der Waals surface area contributed by atoms with Gasteiger partial charge in [0, 0.05) is 18.6 Å². The minimum Gasteiger partial charge on any atom is -0.481 e. The maximum atomic E-state index is 12.3.